The van der Waals surface area contributed by atoms with Crippen molar-refractivity contribution in [2.45, 2.75) is 37.5 Å². The van der Waals surface area contributed by atoms with Crippen molar-refractivity contribution >= 4 is 11.7 Å². The molecule has 176 valence electrons. The molecule has 3 aliphatic rings. The van der Waals surface area contributed by atoms with Crippen molar-refractivity contribution in [2.24, 2.45) is 5.92 Å². The first kappa shape index (κ1) is 22.2. The molecule has 1 aromatic carbocycles. The highest BCUT2D eigenvalue weighted by atomic mass is 19.4. The van der Waals surface area contributed by atoms with Crippen molar-refractivity contribution in [1.29, 1.82) is 0 Å². The normalized spacial score (nSPS) is 22.0. The number of amides is 1. The molecule has 3 aromatic rings. The number of nitrogens with zero attached hydrogens (tertiary/aromatic N) is 5. The Kier molecular flexibility index (Phi) is 5.62. The number of aromatic nitrogens is 4. The van der Waals surface area contributed by atoms with Crippen LogP contribution < -0.4 is 5.32 Å². The minimum absolute atomic E-state index is 0.0488. The minimum atomic E-state index is -4.57. The number of hydrogen-bond donors (Lipinski definition) is 1. The third kappa shape index (κ3) is 4.17. The summed E-state index contributed by atoms with van der Waals surface area (Å²) in [6, 6.07) is 5.46. The highest BCUT2D eigenvalue weighted by Crippen LogP contribution is 2.38. The van der Waals surface area contributed by atoms with Gasteiger partial charge in [-0.05, 0) is 43.4 Å². The molecule has 1 saturated carbocycles. The van der Waals surface area contributed by atoms with Crippen molar-refractivity contribution < 1.29 is 22.4 Å². The predicted octanol–water partition coefficient (Wildman–Crippen LogP) is 4.20. The second kappa shape index (κ2) is 8.62. The van der Waals surface area contributed by atoms with Gasteiger partial charge in [-0.15, -0.1) is 0 Å². The van der Waals surface area contributed by atoms with Crippen LogP contribution in [0, 0.1) is 11.7 Å². The summed E-state index contributed by atoms with van der Waals surface area (Å²) in [6.45, 7) is 0.520. The molecular formula is C23H20F4N6O. The zero-order chi connectivity index (χ0) is 23.9. The third-order valence-corrected chi connectivity index (χ3v) is 6.35. The fraction of sp³-hybridized carbons (Fsp3) is 0.348. The minimum Gasteiger partial charge on any atom is -0.364 e. The first-order chi connectivity index (χ1) is 16.3. The highest BCUT2D eigenvalue weighted by molar-refractivity contribution is 6.00. The number of anilines is 1. The summed E-state index contributed by atoms with van der Waals surface area (Å²) in [4.78, 5) is 30.9. The summed E-state index contributed by atoms with van der Waals surface area (Å²) in [5, 5.41) is 3.15. The second-order valence-corrected chi connectivity index (χ2v) is 8.47. The van der Waals surface area contributed by atoms with Gasteiger partial charge in [0, 0.05) is 25.0 Å². The van der Waals surface area contributed by atoms with Crippen molar-refractivity contribution in [3.05, 3.63) is 66.1 Å². The Hall–Kier alpha value is -3.63. The quantitative estimate of drug-likeness (QED) is 0.573. The van der Waals surface area contributed by atoms with Crippen molar-refractivity contribution in [3.63, 3.8) is 0 Å². The first-order valence-corrected chi connectivity index (χ1v) is 10.8. The topological polar surface area (TPSA) is 83.9 Å². The number of piperidine rings is 2. The van der Waals surface area contributed by atoms with Crippen LogP contribution in [-0.2, 0) is 6.18 Å². The predicted molar refractivity (Wildman–Crippen MR) is 114 cm³/mol. The molecule has 1 aliphatic carbocycles. The average Bonchev–Trinajstić information content (AvgIpc) is 2.84. The monoisotopic (exact) mass is 472 g/mol. The molecule has 1 amide bonds. The lowest BCUT2D eigenvalue weighted by Crippen LogP contribution is -2.59. The molecule has 3 fully saturated rings. The molecule has 2 saturated heterocycles. The molecule has 2 aromatic heterocycles. The van der Waals surface area contributed by atoms with Gasteiger partial charge >= 0.3 is 6.18 Å². The smallest absolute Gasteiger partial charge is 0.364 e. The summed E-state index contributed by atoms with van der Waals surface area (Å²) < 4.78 is 53.1. The zero-order valence-electron chi connectivity index (χ0n) is 17.8. The first-order valence-electron chi connectivity index (χ1n) is 10.8. The maximum Gasteiger partial charge on any atom is 0.434 e. The Morgan fingerprint density at radius 3 is 2.50 bits per heavy atom. The number of nitrogens with one attached hydrogen (secondary N) is 1. The molecule has 2 aliphatic heterocycles. The molecule has 1 N–H and O–H groups in total. The van der Waals surface area contributed by atoms with E-state index in [1.807, 2.05) is 0 Å². The lowest BCUT2D eigenvalue weighted by molar-refractivity contribution is -0.141. The Morgan fingerprint density at radius 2 is 1.82 bits per heavy atom. The fourth-order valence-electron chi connectivity index (χ4n) is 4.83. The van der Waals surface area contributed by atoms with Gasteiger partial charge in [0.05, 0.1) is 29.6 Å². The van der Waals surface area contributed by atoms with Gasteiger partial charge in [0.2, 0.25) is 0 Å². The van der Waals surface area contributed by atoms with Gasteiger partial charge in [-0.25, -0.2) is 24.3 Å². The molecule has 4 heterocycles. The zero-order valence-corrected chi connectivity index (χ0v) is 17.8. The number of carbonyl (C=O) groups is 1. The molecular weight excluding hydrogens is 452 g/mol. The summed E-state index contributed by atoms with van der Waals surface area (Å²) in [6.07, 6.45) is 2.53. The van der Waals surface area contributed by atoms with Gasteiger partial charge in [-0.1, -0.05) is 6.07 Å². The van der Waals surface area contributed by atoms with Gasteiger partial charge in [0.15, 0.2) is 11.5 Å². The number of hydrogen-bond acceptors (Lipinski definition) is 6. The van der Waals surface area contributed by atoms with Gasteiger partial charge in [0.25, 0.3) is 5.91 Å². The Morgan fingerprint density at radius 1 is 1.03 bits per heavy atom. The van der Waals surface area contributed by atoms with E-state index in [9.17, 15) is 22.4 Å². The number of carbonyl (C=O) groups excluding carboxylic acids is 1. The van der Waals surface area contributed by atoms with E-state index in [1.165, 1.54) is 24.5 Å². The number of rotatable bonds is 4. The van der Waals surface area contributed by atoms with Crippen LogP contribution in [-0.4, -0.2) is 49.4 Å². The maximum atomic E-state index is 14.8. The van der Waals surface area contributed by atoms with Gasteiger partial charge < -0.3 is 10.2 Å². The van der Waals surface area contributed by atoms with E-state index in [2.05, 4.69) is 25.3 Å². The Labute approximate surface area is 192 Å². The van der Waals surface area contributed by atoms with Crippen molar-refractivity contribution in [3.8, 4) is 11.4 Å². The van der Waals surface area contributed by atoms with Gasteiger partial charge in [-0.3, -0.25) is 4.79 Å². The molecule has 3 unspecified atom stereocenters. The van der Waals surface area contributed by atoms with E-state index in [0.29, 0.717) is 19.2 Å². The molecule has 11 heteroatoms. The van der Waals surface area contributed by atoms with Crippen LogP contribution in [0.1, 0.15) is 35.3 Å². The standard InChI is InChI=1S/C23H20F4N6O/c24-15-4-1-3-14(20(15)21-28-7-2-8-29-21)22(34)33-12-13-5-6-17(33)16(9-13)32-19-11-30-18(10-31-19)23(25,26)27/h1-4,7-8,10-11,13,16-17H,5-6,9,12H2,(H,31,32). The van der Waals surface area contributed by atoms with E-state index in [0.717, 1.165) is 19.0 Å². The summed E-state index contributed by atoms with van der Waals surface area (Å²) in [5.41, 5.74) is -0.846. The molecule has 0 spiro atoms. The second-order valence-electron chi connectivity index (χ2n) is 8.47. The summed E-state index contributed by atoms with van der Waals surface area (Å²) >= 11 is 0. The molecule has 6 rings (SSSR count). The Balaban J connectivity index is 1.40. The molecule has 2 bridgehead atoms. The average molecular weight is 472 g/mol. The van der Waals surface area contributed by atoms with Gasteiger partial charge in [-0.2, -0.15) is 13.2 Å². The van der Waals surface area contributed by atoms with Crippen LogP contribution in [0.5, 0.6) is 0 Å². The highest BCUT2D eigenvalue weighted by Gasteiger charge is 2.44. The van der Waals surface area contributed by atoms with Crippen LogP contribution >= 0.6 is 0 Å². The lowest BCUT2D eigenvalue weighted by atomic mass is 9.76. The number of halogens is 4. The molecule has 3 atom stereocenters. The molecule has 7 nitrogen and oxygen atoms in total. The fourth-order valence-corrected chi connectivity index (χ4v) is 4.83. The number of benzene rings is 1. The van der Waals surface area contributed by atoms with Crippen LogP contribution in [0.2, 0.25) is 0 Å². The van der Waals surface area contributed by atoms with Gasteiger partial charge in [0.1, 0.15) is 11.6 Å². The molecule has 0 radical (unpaired) electrons. The van der Waals surface area contributed by atoms with Crippen molar-refractivity contribution in [1.82, 2.24) is 24.8 Å². The maximum absolute atomic E-state index is 14.8. The van der Waals surface area contributed by atoms with E-state index >= 15 is 0 Å². The Bertz CT molecular complexity index is 1190. The van der Waals surface area contributed by atoms with Crippen LogP contribution in [0.25, 0.3) is 11.4 Å². The van der Waals surface area contributed by atoms with Crippen LogP contribution in [0.4, 0.5) is 23.4 Å². The largest absolute Gasteiger partial charge is 0.434 e. The third-order valence-electron chi connectivity index (χ3n) is 6.35. The van der Waals surface area contributed by atoms with Crippen molar-refractivity contribution in [2.75, 3.05) is 11.9 Å². The number of alkyl halides is 3. The van der Waals surface area contributed by atoms with E-state index < -0.39 is 17.7 Å². The summed E-state index contributed by atoms with van der Waals surface area (Å²) in [5.74, 6) is -0.377. The number of fused-ring (bicyclic) bond motifs is 3. The van der Waals surface area contributed by atoms with E-state index in [4.69, 9.17) is 0 Å². The summed E-state index contributed by atoms with van der Waals surface area (Å²) in [7, 11) is 0. The van der Waals surface area contributed by atoms with E-state index in [-0.39, 0.29) is 46.7 Å². The molecule has 34 heavy (non-hydrogen) atoms. The van der Waals surface area contributed by atoms with E-state index in [1.54, 1.807) is 17.0 Å². The van der Waals surface area contributed by atoms with Crippen LogP contribution in [0.15, 0.2) is 49.1 Å². The lowest BCUT2D eigenvalue weighted by Gasteiger charge is -2.50. The SMILES string of the molecule is O=C(c1cccc(F)c1-c1ncccn1)N1CC2CCC1C(Nc1cnc(C(F)(F)F)cn1)C2. The van der Waals surface area contributed by atoms with Crippen LogP contribution in [0.3, 0.4) is 0 Å².